The Morgan fingerprint density at radius 1 is 1.23 bits per heavy atom. The topological polar surface area (TPSA) is 79.2 Å². The molecule has 31 heavy (non-hydrogen) atoms. The van der Waals surface area contributed by atoms with Crippen molar-refractivity contribution in [3.63, 3.8) is 0 Å². The molecular formula is C24H34N2O3S2. The van der Waals surface area contributed by atoms with Crippen molar-refractivity contribution >= 4 is 41.1 Å². The number of ether oxygens (including phenoxy) is 1. The lowest BCUT2D eigenvalue weighted by molar-refractivity contribution is -0.134. The van der Waals surface area contributed by atoms with Crippen LogP contribution in [0, 0.1) is 22.7 Å². The molecule has 0 spiro atoms. The Balaban J connectivity index is 2.32. The highest BCUT2D eigenvalue weighted by molar-refractivity contribution is 8.18. The fourth-order valence-electron chi connectivity index (χ4n) is 3.87. The Bertz CT molecular complexity index is 823. The molecule has 1 N–H and O–H groups in total. The van der Waals surface area contributed by atoms with Crippen molar-refractivity contribution < 1.29 is 14.3 Å². The van der Waals surface area contributed by atoms with E-state index in [0.717, 1.165) is 44.9 Å². The molecule has 1 aromatic rings. The molecule has 0 aromatic heterocycles. The van der Waals surface area contributed by atoms with Gasteiger partial charge in [-0.2, -0.15) is 5.26 Å². The van der Waals surface area contributed by atoms with E-state index in [9.17, 15) is 14.9 Å². The first kappa shape index (κ1) is 25.6. The summed E-state index contributed by atoms with van der Waals surface area (Å²) in [7, 11) is 0. The van der Waals surface area contributed by atoms with Crippen LogP contribution < -0.4 is 10.1 Å². The van der Waals surface area contributed by atoms with Gasteiger partial charge in [0, 0.05) is 5.41 Å². The zero-order valence-electron chi connectivity index (χ0n) is 19.2. The van der Waals surface area contributed by atoms with E-state index >= 15 is 0 Å². The second-order valence-electron chi connectivity index (χ2n) is 8.79. The Labute approximate surface area is 195 Å². The van der Waals surface area contributed by atoms with Crippen LogP contribution in [0.4, 0.5) is 5.69 Å². The molecule has 0 saturated heterocycles. The molecule has 0 aliphatic heterocycles. The molecule has 0 heterocycles. The van der Waals surface area contributed by atoms with Gasteiger partial charge in [-0.3, -0.25) is 4.79 Å². The number of hydrogen-bond donors (Lipinski definition) is 1. The van der Waals surface area contributed by atoms with E-state index in [4.69, 9.17) is 4.74 Å². The van der Waals surface area contributed by atoms with Crippen molar-refractivity contribution in [2.24, 2.45) is 11.3 Å². The van der Waals surface area contributed by atoms with Crippen molar-refractivity contribution in [3.8, 4) is 11.8 Å². The second-order valence-corrected chi connectivity index (χ2v) is 11.5. The van der Waals surface area contributed by atoms with E-state index in [1.807, 2.05) is 19.4 Å². The van der Waals surface area contributed by atoms with Crippen LogP contribution in [0.25, 0.3) is 0 Å². The van der Waals surface area contributed by atoms with Crippen molar-refractivity contribution in [1.82, 2.24) is 0 Å². The van der Waals surface area contributed by atoms with Crippen molar-refractivity contribution in [2.75, 3.05) is 17.8 Å². The van der Waals surface area contributed by atoms with Crippen molar-refractivity contribution in [1.29, 1.82) is 5.26 Å². The minimum absolute atomic E-state index is 0.0299. The molecule has 1 saturated carbocycles. The average molecular weight is 463 g/mol. The first-order valence-electron chi connectivity index (χ1n) is 10.9. The fraction of sp³-hybridized carbons (Fsp3) is 0.625. The van der Waals surface area contributed by atoms with Crippen LogP contribution in [0.1, 0.15) is 71.3 Å². The third kappa shape index (κ3) is 6.43. The Kier molecular flexibility index (Phi) is 9.32. The number of hydrogen-bond acceptors (Lipinski definition) is 6. The van der Waals surface area contributed by atoms with Gasteiger partial charge in [0.15, 0.2) is 9.83 Å². The lowest BCUT2D eigenvalue weighted by atomic mass is 9.69. The number of carbonyl (C=O) groups is 2. The maximum Gasteiger partial charge on any atom is 0.337 e. The van der Waals surface area contributed by atoms with E-state index in [-0.39, 0.29) is 17.6 Å². The van der Waals surface area contributed by atoms with Gasteiger partial charge in [-0.1, -0.05) is 33.1 Å². The van der Waals surface area contributed by atoms with Gasteiger partial charge < -0.3 is 10.1 Å². The standard InChI is InChI=1S/C24H34N2O3S2/c1-17(2)11-14-24(12-7-6-8-13-24)21(27)26-19-15-18(16-25)9-10-20(19)29-22(28)23(3,30-4)31-5/h9-10,15,17H,6-8,11-14H2,1-5H3,(H,26,27). The third-order valence-corrected chi connectivity index (χ3v) is 9.09. The van der Waals surface area contributed by atoms with Crippen LogP contribution in [0.2, 0.25) is 0 Å². The summed E-state index contributed by atoms with van der Waals surface area (Å²) < 4.78 is 4.95. The second kappa shape index (κ2) is 11.3. The molecule has 1 amide bonds. The quantitative estimate of drug-likeness (QED) is 0.266. The number of rotatable bonds is 9. The average Bonchev–Trinajstić information content (AvgIpc) is 2.78. The maximum atomic E-state index is 13.5. The summed E-state index contributed by atoms with van der Waals surface area (Å²) in [5.74, 6) is 0.389. The monoisotopic (exact) mass is 462 g/mol. The van der Waals surface area contributed by atoms with E-state index in [2.05, 4.69) is 25.2 Å². The van der Waals surface area contributed by atoms with Gasteiger partial charge in [0.1, 0.15) is 0 Å². The van der Waals surface area contributed by atoms with Crippen molar-refractivity contribution in [3.05, 3.63) is 23.8 Å². The summed E-state index contributed by atoms with van der Waals surface area (Å²) in [4.78, 5) is 26.3. The van der Waals surface area contributed by atoms with Crippen LogP contribution >= 0.6 is 23.5 Å². The number of carbonyl (C=O) groups excluding carboxylic acids is 2. The summed E-state index contributed by atoms with van der Waals surface area (Å²) in [6.45, 7) is 6.17. The molecule has 1 fully saturated rings. The first-order valence-corrected chi connectivity index (χ1v) is 13.3. The molecule has 7 heteroatoms. The largest absolute Gasteiger partial charge is 0.423 e. The van der Waals surface area contributed by atoms with Crippen molar-refractivity contribution in [2.45, 2.75) is 69.8 Å². The number of esters is 1. The highest BCUT2D eigenvalue weighted by Crippen LogP contribution is 2.43. The number of benzene rings is 1. The Morgan fingerprint density at radius 3 is 2.42 bits per heavy atom. The lowest BCUT2D eigenvalue weighted by Gasteiger charge is -2.36. The summed E-state index contributed by atoms with van der Waals surface area (Å²) in [5, 5.41) is 12.4. The Hall–Kier alpha value is -1.65. The summed E-state index contributed by atoms with van der Waals surface area (Å²) in [5.41, 5.74) is 0.392. The molecule has 1 aliphatic rings. The van der Waals surface area contributed by atoms with Crippen LogP contribution in [-0.4, -0.2) is 28.5 Å². The maximum absolute atomic E-state index is 13.5. The number of anilines is 1. The predicted molar refractivity (Wildman–Crippen MR) is 130 cm³/mol. The van der Waals surface area contributed by atoms with Gasteiger partial charge in [0.2, 0.25) is 5.91 Å². The first-order chi connectivity index (χ1) is 14.7. The summed E-state index contributed by atoms with van der Waals surface area (Å²) in [6, 6.07) is 6.89. The van der Waals surface area contributed by atoms with Gasteiger partial charge in [-0.05, 0) is 69.2 Å². The van der Waals surface area contributed by atoms with Crippen LogP contribution in [0.5, 0.6) is 5.75 Å². The fourth-order valence-corrected chi connectivity index (χ4v) is 4.95. The number of thioether (sulfide) groups is 2. The van der Waals surface area contributed by atoms with Gasteiger partial charge in [0.05, 0.1) is 17.3 Å². The molecular weight excluding hydrogens is 428 g/mol. The van der Waals surface area contributed by atoms with E-state index in [0.29, 0.717) is 17.2 Å². The van der Waals surface area contributed by atoms with Gasteiger partial charge in [-0.25, -0.2) is 4.79 Å². The molecule has 0 bridgehead atoms. The molecule has 5 nitrogen and oxygen atoms in total. The lowest BCUT2D eigenvalue weighted by Crippen LogP contribution is -2.38. The minimum Gasteiger partial charge on any atom is -0.423 e. The number of nitrogens with zero attached hydrogens (tertiary/aromatic N) is 1. The molecule has 2 rings (SSSR count). The highest BCUT2D eigenvalue weighted by Gasteiger charge is 2.40. The molecule has 0 atom stereocenters. The molecule has 170 valence electrons. The van der Waals surface area contributed by atoms with Crippen LogP contribution in [-0.2, 0) is 9.59 Å². The molecule has 1 aliphatic carbocycles. The SMILES string of the molecule is CSC(C)(SC)C(=O)Oc1ccc(C#N)cc1NC(=O)C1(CCC(C)C)CCCCC1. The van der Waals surface area contributed by atoms with E-state index in [1.165, 1.54) is 23.5 Å². The minimum atomic E-state index is -0.753. The zero-order chi connectivity index (χ0) is 23.1. The summed E-state index contributed by atoms with van der Waals surface area (Å²) >= 11 is 2.81. The molecule has 1 aromatic carbocycles. The highest BCUT2D eigenvalue weighted by atomic mass is 32.2. The smallest absolute Gasteiger partial charge is 0.337 e. The normalized spacial score (nSPS) is 15.9. The van der Waals surface area contributed by atoms with Gasteiger partial charge >= 0.3 is 5.97 Å². The third-order valence-electron chi connectivity index (χ3n) is 6.20. The van der Waals surface area contributed by atoms with Gasteiger partial charge in [0.25, 0.3) is 0 Å². The van der Waals surface area contributed by atoms with Gasteiger partial charge in [-0.15, -0.1) is 23.5 Å². The number of amides is 1. The molecule has 0 unspecified atom stereocenters. The Morgan fingerprint density at radius 2 is 1.87 bits per heavy atom. The van der Waals surface area contributed by atoms with Crippen LogP contribution in [0.15, 0.2) is 18.2 Å². The summed E-state index contributed by atoms with van der Waals surface area (Å²) in [6.07, 6.45) is 10.6. The number of nitrogens with one attached hydrogen (secondary N) is 1. The number of nitriles is 1. The van der Waals surface area contributed by atoms with Crippen LogP contribution in [0.3, 0.4) is 0 Å². The van der Waals surface area contributed by atoms with E-state index in [1.54, 1.807) is 18.2 Å². The predicted octanol–water partition coefficient (Wildman–Crippen LogP) is 6.23. The molecule has 0 radical (unpaired) electrons. The van der Waals surface area contributed by atoms with E-state index < -0.39 is 9.49 Å². The zero-order valence-corrected chi connectivity index (χ0v) is 20.9.